The molecular weight excluding hydrogens is 377 g/mol. The van der Waals surface area contributed by atoms with Crippen LogP contribution in [0.2, 0.25) is 0 Å². The Morgan fingerprint density at radius 3 is 2.57 bits per heavy atom. The lowest BCUT2D eigenvalue weighted by Crippen LogP contribution is -2.28. The summed E-state index contributed by atoms with van der Waals surface area (Å²) in [6, 6.07) is 8.01. The zero-order valence-corrected chi connectivity index (χ0v) is 15.2. The number of carbonyl (C=O) groups excluding carboxylic acids is 1. The van der Waals surface area contributed by atoms with Crippen LogP contribution in [0.4, 0.5) is 4.79 Å². The van der Waals surface area contributed by atoms with Crippen LogP contribution < -0.4 is 0 Å². The third kappa shape index (κ3) is 3.59. The van der Waals surface area contributed by atoms with Gasteiger partial charge >= 0.3 is 6.09 Å². The van der Waals surface area contributed by atoms with E-state index in [1.165, 1.54) is 0 Å². The quantitative estimate of drug-likeness (QED) is 0.650. The standard InChI is InChI=1S/C17H22INO2/c1-5-6-10-14-15(18)12-9-7-8-11-13(12)19(14)16(20)21-17(2,3)4/h7-9,11H,5-6,10H2,1-4H3. The molecule has 0 spiro atoms. The molecule has 0 saturated heterocycles. The summed E-state index contributed by atoms with van der Waals surface area (Å²) in [4.78, 5) is 12.6. The van der Waals surface area contributed by atoms with Gasteiger partial charge in [-0.2, -0.15) is 0 Å². The molecule has 1 aromatic heterocycles. The minimum Gasteiger partial charge on any atom is -0.443 e. The third-order valence-corrected chi connectivity index (χ3v) is 4.45. The SMILES string of the molecule is CCCCc1c(I)c2ccccc2n1C(=O)OC(C)(C)C. The molecule has 0 atom stereocenters. The normalized spacial score (nSPS) is 11.9. The number of aromatic nitrogens is 1. The monoisotopic (exact) mass is 399 g/mol. The Kier molecular flexibility index (Phi) is 4.96. The second kappa shape index (κ2) is 6.38. The van der Waals surface area contributed by atoms with E-state index < -0.39 is 5.60 Å². The van der Waals surface area contributed by atoms with Crippen molar-refractivity contribution in [3.05, 3.63) is 33.5 Å². The highest BCUT2D eigenvalue weighted by atomic mass is 127. The lowest BCUT2D eigenvalue weighted by atomic mass is 10.2. The second-order valence-electron chi connectivity index (χ2n) is 6.20. The Morgan fingerprint density at radius 1 is 1.29 bits per heavy atom. The lowest BCUT2D eigenvalue weighted by molar-refractivity contribution is 0.0540. The van der Waals surface area contributed by atoms with E-state index >= 15 is 0 Å². The molecule has 0 fully saturated rings. The van der Waals surface area contributed by atoms with Crippen LogP contribution in [0, 0.1) is 3.57 Å². The van der Waals surface area contributed by atoms with Crippen molar-refractivity contribution in [2.24, 2.45) is 0 Å². The van der Waals surface area contributed by atoms with E-state index in [2.05, 4.69) is 35.6 Å². The van der Waals surface area contributed by atoms with Crippen molar-refractivity contribution >= 4 is 39.6 Å². The number of hydrogen-bond acceptors (Lipinski definition) is 2. The Hall–Kier alpha value is -1.04. The molecule has 0 amide bonds. The summed E-state index contributed by atoms with van der Waals surface area (Å²) in [5.41, 5.74) is 1.51. The highest BCUT2D eigenvalue weighted by Crippen LogP contribution is 2.29. The largest absolute Gasteiger partial charge is 0.443 e. The minimum absolute atomic E-state index is 0.285. The number of unbranched alkanes of at least 4 members (excludes halogenated alkanes) is 1. The molecule has 0 aliphatic carbocycles. The third-order valence-electron chi connectivity index (χ3n) is 3.25. The van der Waals surface area contributed by atoms with Gasteiger partial charge in [-0.25, -0.2) is 9.36 Å². The molecule has 21 heavy (non-hydrogen) atoms. The van der Waals surface area contributed by atoms with Crippen molar-refractivity contribution in [2.75, 3.05) is 0 Å². The zero-order valence-electron chi connectivity index (χ0n) is 13.1. The van der Waals surface area contributed by atoms with E-state index in [9.17, 15) is 4.79 Å². The molecule has 0 aliphatic rings. The maximum Gasteiger partial charge on any atom is 0.419 e. The molecule has 0 radical (unpaired) electrons. The zero-order chi connectivity index (χ0) is 15.6. The topological polar surface area (TPSA) is 31.2 Å². The summed E-state index contributed by atoms with van der Waals surface area (Å²) in [5.74, 6) is 0. The van der Waals surface area contributed by atoms with E-state index in [0.717, 1.165) is 39.4 Å². The second-order valence-corrected chi connectivity index (χ2v) is 7.28. The molecule has 1 aromatic carbocycles. The smallest absolute Gasteiger partial charge is 0.419 e. The predicted molar refractivity (Wildman–Crippen MR) is 94.9 cm³/mol. The van der Waals surface area contributed by atoms with E-state index in [4.69, 9.17) is 4.74 Å². The number of hydrogen-bond donors (Lipinski definition) is 0. The minimum atomic E-state index is -0.490. The van der Waals surface area contributed by atoms with Crippen LogP contribution in [-0.2, 0) is 11.2 Å². The Morgan fingerprint density at radius 2 is 1.95 bits per heavy atom. The molecule has 0 aliphatic heterocycles. The molecule has 0 bridgehead atoms. The van der Waals surface area contributed by atoms with Gasteiger partial charge in [0.25, 0.3) is 0 Å². The Labute approximate surface area is 139 Å². The van der Waals surface area contributed by atoms with Crippen LogP contribution in [-0.4, -0.2) is 16.3 Å². The van der Waals surface area contributed by atoms with Crippen molar-refractivity contribution < 1.29 is 9.53 Å². The van der Waals surface area contributed by atoms with Gasteiger partial charge in [-0.05, 0) is 62.3 Å². The Bertz CT molecular complexity index is 653. The van der Waals surface area contributed by atoms with Crippen molar-refractivity contribution in [2.45, 2.75) is 52.6 Å². The van der Waals surface area contributed by atoms with Crippen molar-refractivity contribution in [1.82, 2.24) is 4.57 Å². The van der Waals surface area contributed by atoms with Crippen LogP contribution in [0.1, 0.15) is 46.2 Å². The average Bonchev–Trinajstić information content (AvgIpc) is 2.68. The highest BCUT2D eigenvalue weighted by molar-refractivity contribution is 14.1. The van der Waals surface area contributed by atoms with Crippen LogP contribution in [0.25, 0.3) is 10.9 Å². The van der Waals surface area contributed by atoms with Gasteiger partial charge in [0.15, 0.2) is 0 Å². The van der Waals surface area contributed by atoms with Crippen LogP contribution in [0.15, 0.2) is 24.3 Å². The van der Waals surface area contributed by atoms with E-state index in [0.29, 0.717) is 0 Å². The van der Waals surface area contributed by atoms with Crippen LogP contribution in [0.3, 0.4) is 0 Å². The number of fused-ring (bicyclic) bond motifs is 1. The number of benzene rings is 1. The highest BCUT2D eigenvalue weighted by Gasteiger charge is 2.24. The van der Waals surface area contributed by atoms with Crippen molar-refractivity contribution in [3.8, 4) is 0 Å². The molecule has 1 heterocycles. The molecule has 0 saturated carbocycles. The number of para-hydroxylation sites is 1. The molecule has 114 valence electrons. The number of nitrogens with zero attached hydrogens (tertiary/aromatic N) is 1. The van der Waals surface area contributed by atoms with Gasteiger partial charge in [0.1, 0.15) is 5.60 Å². The van der Waals surface area contributed by atoms with Gasteiger partial charge in [-0.1, -0.05) is 31.5 Å². The summed E-state index contributed by atoms with van der Waals surface area (Å²) < 4.78 is 8.49. The van der Waals surface area contributed by atoms with E-state index in [-0.39, 0.29) is 6.09 Å². The molecule has 2 rings (SSSR count). The predicted octanol–water partition coefficient (Wildman–Crippen LogP) is 5.37. The fraction of sp³-hybridized carbons (Fsp3) is 0.471. The van der Waals surface area contributed by atoms with Gasteiger partial charge in [0, 0.05) is 14.7 Å². The number of ether oxygens (including phenoxy) is 1. The van der Waals surface area contributed by atoms with Crippen molar-refractivity contribution in [1.29, 1.82) is 0 Å². The summed E-state index contributed by atoms with van der Waals surface area (Å²) in [5, 5.41) is 1.12. The first-order chi connectivity index (χ1) is 9.85. The Balaban J connectivity index is 2.55. The molecule has 0 unspecified atom stereocenters. The molecule has 0 N–H and O–H groups in total. The number of carbonyl (C=O) groups is 1. The van der Waals surface area contributed by atoms with Gasteiger partial charge < -0.3 is 4.74 Å². The van der Waals surface area contributed by atoms with Gasteiger partial charge in [0.2, 0.25) is 0 Å². The van der Waals surface area contributed by atoms with Gasteiger partial charge in [0.05, 0.1) is 5.52 Å². The van der Waals surface area contributed by atoms with Crippen LogP contribution >= 0.6 is 22.6 Å². The first-order valence-electron chi connectivity index (χ1n) is 7.36. The molecule has 2 aromatic rings. The summed E-state index contributed by atoms with van der Waals surface area (Å²) in [7, 11) is 0. The molecule has 4 heteroatoms. The number of rotatable bonds is 3. The average molecular weight is 399 g/mol. The van der Waals surface area contributed by atoms with Gasteiger partial charge in [-0.3, -0.25) is 0 Å². The first kappa shape index (κ1) is 16.3. The number of halogens is 1. The maximum atomic E-state index is 12.6. The van der Waals surface area contributed by atoms with Gasteiger partial charge in [-0.15, -0.1) is 0 Å². The van der Waals surface area contributed by atoms with E-state index in [1.807, 2.05) is 39.0 Å². The van der Waals surface area contributed by atoms with E-state index in [1.54, 1.807) is 4.57 Å². The summed E-state index contributed by atoms with van der Waals surface area (Å²) in [6.07, 6.45) is 2.77. The lowest BCUT2D eigenvalue weighted by Gasteiger charge is -2.21. The van der Waals surface area contributed by atoms with Crippen LogP contribution in [0.5, 0.6) is 0 Å². The first-order valence-corrected chi connectivity index (χ1v) is 8.44. The van der Waals surface area contributed by atoms with Crippen molar-refractivity contribution in [3.63, 3.8) is 0 Å². The summed E-state index contributed by atoms with van der Waals surface area (Å²) >= 11 is 2.34. The fourth-order valence-electron chi connectivity index (χ4n) is 2.34. The molecular formula is C17H22INO2. The summed E-state index contributed by atoms with van der Waals surface area (Å²) in [6.45, 7) is 7.85. The fourth-order valence-corrected chi connectivity index (χ4v) is 3.30. The molecule has 3 nitrogen and oxygen atoms in total. The maximum absolute atomic E-state index is 12.6.